The van der Waals surface area contributed by atoms with Gasteiger partial charge in [-0.2, -0.15) is 11.8 Å². The molecule has 1 aliphatic heterocycles. The minimum atomic E-state index is -0.543. The van der Waals surface area contributed by atoms with Gasteiger partial charge in [-0.25, -0.2) is 9.97 Å². The molecule has 0 spiro atoms. The lowest BCUT2D eigenvalue weighted by Crippen LogP contribution is -2.41. The monoisotopic (exact) mass is 267 g/mol. The second-order valence-corrected chi connectivity index (χ2v) is 6.19. The molecule has 4 nitrogen and oxygen atoms in total. The van der Waals surface area contributed by atoms with Crippen molar-refractivity contribution in [1.29, 1.82) is 0 Å². The summed E-state index contributed by atoms with van der Waals surface area (Å²) in [5, 5.41) is 13.7. The Morgan fingerprint density at radius 1 is 1.56 bits per heavy atom. The van der Waals surface area contributed by atoms with Crippen LogP contribution in [0.3, 0.4) is 0 Å². The van der Waals surface area contributed by atoms with Crippen molar-refractivity contribution in [2.45, 2.75) is 38.8 Å². The number of hydrogen-bond acceptors (Lipinski definition) is 5. The van der Waals surface area contributed by atoms with Crippen molar-refractivity contribution in [3.63, 3.8) is 0 Å². The minimum Gasteiger partial charge on any atom is -0.388 e. The van der Waals surface area contributed by atoms with Crippen LogP contribution < -0.4 is 5.32 Å². The number of aryl methyl sites for hydroxylation is 2. The maximum Gasteiger partial charge on any atom is 0.125 e. The molecule has 1 aromatic rings. The zero-order valence-corrected chi connectivity index (χ0v) is 12.0. The fourth-order valence-electron chi connectivity index (χ4n) is 2.21. The van der Waals surface area contributed by atoms with E-state index < -0.39 is 5.60 Å². The molecule has 2 atom stereocenters. The SMILES string of the molecule is Cc1ncc(C(C)NCC2(O)CCSC2)c(C)n1. The topological polar surface area (TPSA) is 58.0 Å². The lowest BCUT2D eigenvalue weighted by atomic mass is 10.0. The van der Waals surface area contributed by atoms with Gasteiger partial charge in [0, 0.05) is 35.8 Å². The molecular formula is C13H21N3OS. The second kappa shape index (κ2) is 5.55. The summed E-state index contributed by atoms with van der Waals surface area (Å²) in [5.41, 5.74) is 1.57. The normalized spacial score (nSPS) is 25.3. The van der Waals surface area contributed by atoms with Crippen LogP contribution in [-0.4, -0.2) is 38.7 Å². The van der Waals surface area contributed by atoms with E-state index in [0.717, 1.165) is 35.0 Å². The molecule has 2 N–H and O–H groups in total. The van der Waals surface area contributed by atoms with Gasteiger partial charge in [-0.05, 0) is 32.9 Å². The summed E-state index contributed by atoms with van der Waals surface area (Å²) in [5.74, 6) is 2.68. The summed E-state index contributed by atoms with van der Waals surface area (Å²) >= 11 is 1.82. The fourth-order valence-corrected chi connectivity index (χ4v) is 3.50. The van der Waals surface area contributed by atoms with Crippen LogP contribution >= 0.6 is 11.8 Å². The smallest absolute Gasteiger partial charge is 0.125 e. The van der Waals surface area contributed by atoms with Gasteiger partial charge in [0.05, 0.1) is 5.60 Å². The minimum absolute atomic E-state index is 0.167. The average Bonchev–Trinajstić information content (AvgIpc) is 2.74. The number of thioether (sulfide) groups is 1. The van der Waals surface area contributed by atoms with Crippen LogP contribution in [0.2, 0.25) is 0 Å². The Morgan fingerprint density at radius 3 is 2.94 bits per heavy atom. The first-order chi connectivity index (χ1) is 8.50. The van der Waals surface area contributed by atoms with Crippen molar-refractivity contribution in [3.8, 4) is 0 Å². The molecular weight excluding hydrogens is 246 g/mol. The highest BCUT2D eigenvalue weighted by molar-refractivity contribution is 7.99. The van der Waals surface area contributed by atoms with Crippen LogP contribution in [0.1, 0.15) is 36.5 Å². The first kappa shape index (κ1) is 13.8. The molecule has 0 aliphatic carbocycles. The van der Waals surface area contributed by atoms with Gasteiger partial charge in [0.1, 0.15) is 5.82 Å². The molecule has 2 heterocycles. The number of aliphatic hydroxyl groups is 1. The van der Waals surface area contributed by atoms with Gasteiger partial charge in [0.25, 0.3) is 0 Å². The first-order valence-electron chi connectivity index (χ1n) is 6.34. The Balaban J connectivity index is 1.97. The Kier molecular flexibility index (Phi) is 4.25. The zero-order valence-electron chi connectivity index (χ0n) is 11.2. The molecule has 2 rings (SSSR count). The summed E-state index contributed by atoms with van der Waals surface area (Å²) < 4.78 is 0. The van der Waals surface area contributed by atoms with Crippen LogP contribution in [0, 0.1) is 13.8 Å². The van der Waals surface area contributed by atoms with Crippen molar-refractivity contribution in [2.75, 3.05) is 18.1 Å². The standard InChI is InChI=1S/C13H21N3OS/c1-9(12-6-14-11(3)16-10(12)2)15-7-13(17)4-5-18-8-13/h6,9,15,17H,4-5,7-8H2,1-3H3. The second-order valence-electron chi connectivity index (χ2n) is 5.09. The van der Waals surface area contributed by atoms with Crippen LogP contribution in [0.4, 0.5) is 0 Å². The molecule has 0 aromatic carbocycles. The summed E-state index contributed by atoms with van der Waals surface area (Å²) in [4.78, 5) is 8.61. The largest absolute Gasteiger partial charge is 0.388 e. The molecule has 0 amide bonds. The van der Waals surface area contributed by atoms with Crippen LogP contribution in [0.25, 0.3) is 0 Å². The average molecular weight is 267 g/mol. The van der Waals surface area contributed by atoms with Gasteiger partial charge in [-0.15, -0.1) is 0 Å². The summed E-state index contributed by atoms with van der Waals surface area (Å²) in [6.07, 6.45) is 2.75. The molecule has 18 heavy (non-hydrogen) atoms. The molecule has 100 valence electrons. The molecule has 1 fully saturated rings. The number of rotatable bonds is 4. The predicted octanol–water partition coefficient (Wildman–Crippen LogP) is 1.61. The fraction of sp³-hybridized carbons (Fsp3) is 0.692. The highest BCUT2D eigenvalue weighted by atomic mass is 32.2. The van der Waals surface area contributed by atoms with E-state index in [4.69, 9.17) is 0 Å². The highest BCUT2D eigenvalue weighted by Crippen LogP contribution is 2.27. The van der Waals surface area contributed by atoms with E-state index in [-0.39, 0.29) is 6.04 Å². The van der Waals surface area contributed by atoms with Gasteiger partial charge in [0.15, 0.2) is 0 Å². The Hall–Kier alpha value is -0.650. The van der Waals surface area contributed by atoms with E-state index in [0.29, 0.717) is 6.54 Å². The van der Waals surface area contributed by atoms with Gasteiger partial charge in [-0.3, -0.25) is 0 Å². The Bertz CT molecular complexity index is 419. The molecule has 0 radical (unpaired) electrons. The maximum absolute atomic E-state index is 10.3. The van der Waals surface area contributed by atoms with Crippen molar-refractivity contribution in [2.24, 2.45) is 0 Å². The molecule has 0 saturated carbocycles. The van der Waals surface area contributed by atoms with E-state index in [9.17, 15) is 5.11 Å². The van der Waals surface area contributed by atoms with Crippen molar-refractivity contribution in [1.82, 2.24) is 15.3 Å². The lowest BCUT2D eigenvalue weighted by molar-refractivity contribution is 0.0651. The molecule has 5 heteroatoms. The highest BCUT2D eigenvalue weighted by Gasteiger charge is 2.31. The van der Waals surface area contributed by atoms with Gasteiger partial charge < -0.3 is 10.4 Å². The third-order valence-corrected chi connectivity index (χ3v) is 4.66. The number of aromatic nitrogens is 2. The molecule has 2 unspecified atom stereocenters. The number of hydrogen-bond donors (Lipinski definition) is 2. The number of nitrogens with zero attached hydrogens (tertiary/aromatic N) is 2. The van der Waals surface area contributed by atoms with Gasteiger partial charge in [-0.1, -0.05) is 0 Å². The van der Waals surface area contributed by atoms with Gasteiger partial charge in [0.2, 0.25) is 0 Å². The van der Waals surface area contributed by atoms with Crippen LogP contribution in [0.15, 0.2) is 6.20 Å². The van der Waals surface area contributed by atoms with Gasteiger partial charge >= 0.3 is 0 Å². The zero-order chi connectivity index (χ0) is 13.2. The maximum atomic E-state index is 10.3. The number of nitrogens with one attached hydrogen (secondary N) is 1. The van der Waals surface area contributed by atoms with E-state index in [1.165, 1.54) is 0 Å². The Morgan fingerprint density at radius 2 is 2.33 bits per heavy atom. The van der Waals surface area contributed by atoms with Crippen molar-refractivity contribution >= 4 is 11.8 Å². The summed E-state index contributed by atoms with van der Waals surface area (Å²) in [6, 6.07) is 0.167. The quantitative estimate of drug-likeness (QED) is 0.868. The van der Waals surface area contributed by atoms with Crippen molar-refractivity contribution < 1.29 is 5.11 Å². The Labute approximate surface area is 113 Å². The molecule has 0 bridgehead atoms. The third-order valence-electron chi connectivity index (χ3n) is 3.42. The molecule has 1 aliphatic rings. The van der Waals surface area contributed by atoms with E-state index in [1.807, 2.05) is 31.8 Å². The van der Waals surface area contributed by atoms with E-state index in [1.54, 1.807) is 0 Å². The van der Waals surface area contributed by atoms with E-state index in [2.05, 4.69) is 22.2 Å². The summed E-state index contributed by atoms with van der Waals surface area (Å²) in [7, 11) is 0. The third kappa shape index (κ3) is 3.22. The van der Waals surface area contributed by atoms with Crippen molar-refractivity contribution in [3.05, 3.63) is 23.3 Å². The van der Waals surface area contributed by atoms with E-state index >= 15 is 0 Å². The predicted molar refractivity (Wildman–Crippen MR) is 74.8 cm³/mol. The first-order valence-corrected chi connectivity index (χ1v) is 7.49. The molecule has 1 aromatic heterocycles. The van der Waals surface area contributed by atoms with Crippen LogP contribution in [-0.2, 0) is 0 Å². The summed E-state index contributed by atoms with van der Waals surface area (Å²) in [6.45, 7) is 6.62. The van der Waals surface area contributed by atoms with Crippen LogP contribution in [0.5, 0.6) is 0 Å². The lowest BCUT2D eigenvalue weighted by Gasteiger charge is -2.25. The molecule has 1 saturated heterocycles.